The normalized spacial score (nSPS) is 19.9. The Morgan fingerprint density at radius 3 is 3.05 bits per heavy atom. The minimum Gasteiger partial charge on any atom is -0.495 e. The Bertz CT molecular complexity index is 480. The second-order valence-electron chi connectivity index (χ2n) is 4.68. The lowest BCUT2D eigenvalue weighted by Gasteiger charge is -2.31. The molecule has 1 unspecified atom stereocenters. The van der Waals surface area contributed by atoms with Gasteiger partial charge in [0, 0.05) is 18.7 Å². The van der Waals surface area contributed by atoms with Crippen molar-refractivity contribution in [2.45, 2.75) is 6.10 Å². The first-order valence-corrected chi connectivity index (χ1v) is 6.83. The molecule has 1 N–H and O–H groups in total. The van der Waals surface area contributed by atoms with Crippen LogP contribution in [0, 0.1) is 0 Å². The van der Waals surface area contributed by atoms with Gasteiger partial charge in [0.15, 0.2) is 5.78 Å². The summed E-state index contributed by atoms with van der Waals surface area (Å²) < 4.78 is 10.4. The highest BCUT2D eigenvalue weighted by molar-refractivity contribution is 6.32. The second-order valence-corrected chi connectivity index (χ2v) is 5.09. The lowest BCUT2D eigenvalue weighted by atomic mass is 10.1. The second kappa shape index (κ2) is 7.04. The molecule has 20 heavy (non-hydrogen) atoms. The first-order chi connectivity index (χ1) is 9.63. The molecule has 1 saturated heterocycles. The number of Topliss-reactive ketones (excluding diaryl/α,β-unsaturated/α-hetero) is 1. The standard InChI is InChI=1S/C14H18ClNO4/c1-19-14-3-2-10(6-12(14)15)13(18)8-16-4-5-20-11(7-16)9-17/h2-3,6,11,17H,4-5,7-9H2,1H3. The summed E-state index contributed by atoms with van der Waals surface area (Å²) in [7, 11) is 1.53. The molecule has 110 valence electrons. The molecule has 1 heterocycles. The fourth-order valence-electron chi connectivity index (χ4n) is 2.17. The zero-order valence-electron chi connectivity index (χ0n) is 11.3. The number of ether oxygens (including phenoxy) is 2. The van der Waals surface area contributed by atoms with Crippen LogP contribution in [-0.4, -0.2) is 61.9 Å². The highest BCUT2D eigenvalue weighted by Crippen LogP contribution is 2.25. The minimum atomic E-state index is -0.212. The molecule has 0 amide bonds. The van der Waals surface area contributed by atoms with E-state index in [1.807, 2.05) is 4.90 Å². The van der Waals surface area contributed by atoms with Crippen LogP contribution in [0.25, 0.3) is 0 Å². The Kier molecular flexibility index (Phi) is 5.37. The molecule has 1 aromatic rings. The van der Waals surface area contributed by atoms with Gasteiger partial charge < -0.3 is 14.6 Å². The van der Waals surface area contributed by atoms with Crippen LogP contribution in [-0.2, 0) is 4.74 Å². The predicted molar refractivity (Wildman–Crippen MR) is 75.6 cm³/mol. The molecule has 1 aliphatic rings. The van der Waals surface area contributed by atoms with Gasteiger partial charge in [-0.3, -0.25) is 9.69 Å². The minimum absolute atomic E-state index is 0.00635. The quantitative estimate of drug-likeness (QED) is 0.829. The third kappa shape index (κ3) is 3.70. The van der Waals surface area contributed by atoms with Gasteiger partial charge in [0.25, 0.3) is 0 Å². The van der Waals surface area contributed by atoms with E-state index < -0.39 is 0 Å². The maximum atomic E-state index is 12.2. The summed E-state index contributed by atoms with van der Waals surface area (Å²) in [5.74, 6) is 0.545. The first kappa shape index (κ1) is 15.3. The molecular formula is C14H18ClNO4. The van der Waals surface area contributed by atoms with Gasteiger partial charge in [-0.15, -0.1) is 0 Å². The molecule has 0 bridgehead atoms. The van der Waals surface area contributed by atoms with E-state index in [0.29, 0.717) is 42.6 Å². The van der Waals surface area contributed by atoms with Crippen LogP contribution in [0.4, 0.5) is 0 Å². The molecule has 0 spiro atoms. The average molecular weight is 300 g/mol. The summed E-state index contributed by atoms with van der Waals surface area (Å²) >= 11 is 6.02. The number of aliphatic hydroxyl groups is 1. The van der Waals surface area contributed by atoms with Crippen molar-refractivity contribution in [2.24, 2.45) is 0 Å². The number of morpholine rings is 1. The topological polar surface area (TPSA) is 59.0 Å². The Hall–Kier alpha value is -1.14. The summed E-state index contributed by atoms with van der Waals surface area (Å²) in [5.41, 5.74) is 0.558. The van der Waals surface area contributed by atoms with E-state index in [2.05, 4.69) is 0 Å². The molecule has 6 heteroatoms. The molecular weight excluding hydrogens is 282 g/mol. The van der Waals surface area contributed by atoms with Gasteiger partial charge in [-0.05, 0) is 18.2 Å². The van der Waals surface area contributed by atoms with Crippen LogP contribution in [0.3, 0.4) is 0 Å². The smallest absolute Gasteiger partial charge is 0.176 e. The van der Waals surface area contributed by atoms with Crippen LogP contribution in [0.5, 0.6) is 5.75 Å². The number of carbonyl (C=O) groups is 1. The summed E-state index contributed by atoms with van der Waals surface area (Å²) in [6.07, 6.45) is -0.212. The first-order valence-electron chi connectivity index (χ1n) is 6.45. The maximum Gasteiger partial charge on any atom is 0.176 e. The van der Waals surface area contributed by atoms with Crippen molar-refractivity contribution in [1.82, 2.24) is 4.90 Å². The number of methoxy groups -OCH3 is 1. The summed E-state index contributed by atoms with van der Waals surface area (Å²) in [6.45, 7) is 2.04. The zero-order chi connectivity index (χ0) is 14.5. The van der Waals surface area contributed by atoms with Crippen LogP contribution >= 0.6 is 11.6 Å². The van der Waals surface area contributed by atoms with Crippen LogP contribution in [0.15, 0.2) is 18.2 Å². The Morgan fingerprint density at radius 1 is 1.60 bits per heavy atom. The van der Waals surface area contributed by atoms with Gasteiger partial charge in [0.1, 0.15) is 5.75 Å². The largest absolute Gasteiger partial charge is 0.495 e. The molecule has 5 nitrogen and oxygen atoms in total. The van der Waals surface area contributed by atoms with E-state index in [-0.39, 0.29) is 18.5 Å². The fourth-order valence-corrected chi connectivity index (χ4v) is 2.43. The van der Waals surface area contributed by atoms with Crippen molar-refractivity contribution in [3.63, 3.8) is 0 Å². The van der Waals surface area contributed by atoms with Gasteiger partial charge in [0.2, 0.25) is 0 Å². The molecule has 1 fully saturated rings. The number of hydrogen-bond acceptors (Lipinski definition) is 5. The number of ketones is 1. The van der Waals surface area contributed by atoms with Crippen molar-refractivity contribution in [3.8, 4) is 5.75 Å². The van der Waals surface area contributed by atoms with E-state index in [9.17, 15) is 4.79 Å². The SMILES string of the molecule is COc1ccc(C(=O)CN2CCOC(CO)C2)cc1Cl. The van der Waals surface area contributed by atoms with Gasteiger partial charge >= 0.3 is 0 Å². The van der Waals surface area contributed by atoms with Crippen molar-refractivity contribution >= 4 is 17.4 Å². The molecule has 1 aliphatic heterocycles. The number of carbonyl (C=O) groups excluding carboxylic acids is 1. The van der Waals surface area contributed by atoms with Crippen molar-refractivity contribution < 1.29 is 19.4 Å². The van der Waals surface area contributed by atoms with Gasteiger partial charge in [-0.25, -0.2) is 0 Å². The summed E-state index contributed by atoms with van der Waals surface area (Å²) in [4.78, 5) is 14.2. The van der Waals surface area contributed by atoms with E-state index in [1.165, 1.54) is 7.11 Å². The van der Waals surface area contributed by atoms with Crippen molar-refractivity contribution in [3.05, 3.63) is 28.8 Å². The number of nitrogens with zero attached hydrogens (tertiary/aromatic N) is 1. The molecule has 0 radical (unpaired) electrons. The Balaban J connectivity index is 1.99. The van der Waals surface area contributed by atoms with Gasteiger partial charge in [-0.2, -0.15) is 0 Å². The average Bonchev–Trinajstić information content (AvgIpc) is 2.47. The van der Waals surface area contributed by atoms with Crippen molar-refractivity contribution in [1.29, 1.82) is 0 Å². The van der Waals surface area contributed by atoms with Crippen LogP contribution < -0.4 is 4.74 Å². The number of hydrogen-bond donors (Lipinski definition) is 1. The molecule has 1 atom stereocenters. The van der Waals surface area contributed by atoms with E-state index in [0.717, 1.165) is 0 Å². The molecule has 2 rings (SSSR count). The number of aliphatic hydroxyl groups excluding tert-OH is 1. The number of rotatable bonds is 5. The molecule has 1 aromatic carbocycles. The van der Waals surface area contributed by atoms with Crippen LogP contribution in [0.2, 0.25) is 5.02 Å². The zero-order valence-corrected chi connectivity index (χ0v) is 12.1. The summed E-state index contributed by atoms with van der Waals surface area (Å²) in [6, 6.07) is 5.01. The highest BCUT2D eigenvalue weighted by atomic mass is 35.5. The maximum absolute atomic E-state index is 12.2. The highest BCUT2D eigenvalue weighted by Gasteiger charge is 2.22. The monoisotopic (exact) mass is 299 g/mol. The Morgan fingerprint density at radius 2 is 2.40 bits per heavy atom. The van der Waals surface area contributed by atoms with E-state index in [4.69, 9.17) is 26.2 Å². The lowest BCUT2D eigenvalue weighted by Crippen LogP contribution is -2.45. The van der Waals surface area contributed by atoms with Gasteiger partial charge in [0.05, 0.1) is 38.0 Å². The third-order valence-electron chi connectivity index (χ3n) is 3.27. The molecule has 0 saturated carbocycles. The van der Waals surface area contributed by atoms with Crippen molar-refractivity contribution in [2.75, 3.05) is 40.0 Å². The third-order valence-corrected chi connectivity index (χ3v) is 3.56. The molecule has 0 aliphatic carbocycles. The van der Waals surface area contributed by atoms with Crippen LogP contribution in [0.1, 0.15) is 10.4 Å². The Labute approximate surface area is 123 Å². The van der Waals surface area contributed by atoms with E-state index in [1.54, 1.807) is 18.2 Å². The predicted octanol–water partition coefficient (Wildman–Crippen LogP) is 1.22. The summed E-state index contributed by atoms with van der Waals surface area (Å²) in [5, 5.41) is 9.51. The lowest BCUT2D eigenvalue weighted by molar-refractivity contribution is -0.0503. The fraction of sp³-hybridized carbons (Fsp3) is 0.500. The van der Waals surface area contributed by atoms with Gasteiger partial charge in [-0.1, -0.05) is 11.6 Å². The molecule has 0 aromatic heterocycles. The van der Waals surface area contributed by atoms with E-state index >= 15 is 0 Å². The number of halogens is 1. The number of benzene rings is 1.